The van der Waals surface area contributed by atoms with E-state index in [1.54, 1.807) is 13.8 Å². The zero-order valence-electron chi connectivity index (χ0n) is 9.03. The van der Waals surface area contributed by atoms with Crippen molar-refractivity contribution in [3.63, 3.8) is 0 Å². The number of Topliss-reactive ketones (excluding diaryl/α,β-unsaturated/α-hetero) is 1. The fraction of sp³-hybridized carbons (Fsp3) is 0.500. The van der Waals surface area contributed by atoms with Gasteiger partial charge in [-0.05, 0) is 19.4 Å². The van der Waals surface area contributed by atoms with Gasteiger partial charge in [0.15, 0.2) is 15.6 Å². The molecule has 0 N–H and O–H groups in total. The van der Waals surface area contributed by atoms with Crippen LogP contribution >= 0.6 is 0 Å². The Balaban J connectivity index is 2.97. The predicted molar refractivity (Wildman–Crippen MR) is 56.8 cm³/mol. The van der Waals surface area contributed by atoms with E-state index in [0.717, 1.165) is 0 Å². The molecular weight excluding hydrogens is 216 g/mol. The van der Waals surface area contributed by atoms with E-state index in [9.17, 15) is 13.2 Å². The van der Waals surface area contributed by atoms with Crippen molar-refractivity contribution in [3.8, 4) is 0 Å². The van der Waals surface area contributed by atoms with Gasteiger partial charge in [0.1, 0.15) is 11.5 Å². The van der Waals surface area contributed by atoms with Crippen LogP contribution in [0.5, 0.6) is 0 Å². The van der Waals surface area contributed by atoms with Crippen LogP contribution in [0.15, 0.2) is 10.7 Å². The Bertz CT molecular complexity index is 448. The van der Waals surface area contributed by atoms with Gasteiger partial charge in [0.25, 0.3) is 0 Å². The molecule has 0 aliphatic carbocycles. The van der Waals surface area contributed by atoms with Crippen molar-refractivity contribution in [2.45, 2.75) is 20.8 Å². The van der Waals surface area contributed by atoms with Gasteiger partial charge >= 0.3 is 0 Å². The smallest absolute Gasteiger partial charge is 0.181 e. The quantitative estimate of drug-likeness (QED) is 0.735. The molecule has 0 aliphatic rings. The van der Waals surface area contributed by atoms with Gasteiger partial charge in [0.05, 0.1) is 11.8 Å². The van der Waals surface area contributed by atoms with E-state index < -0.39 is 15.6 Å². The third-order valence-electron chi connectivity index (χ3n) is 2.23. The average molecular weight is 230 g/mol. The summed E-state index contributed by atoms with van der Waals surface area (Å²) in [5, 5.41) is 0. The van der Waals surface area contributed by atoms with E-state index in [1.807, 2.05) is 0 Å². The number of carbonyl (C=O) groups is 1. The fourth-order valence-corrected chi connectivity index (χ4v) is 2.11. The first-order chi connectivity index (χ1) is 6.87. The van der Waals surface area contributed by atoms with Gasteiger partial charge < -0.3 is 4.42 Å². The Labute approximate surface area is 89.2 Å². The maximum absolute atomic E-state index is 11.7. The molecule has 0 radical (unpaired) electrons. The van der Waals surface area contributed by atoms with Crippen molar-refractivity contribution in [3.05, 3.63) is 23.2 Å². The summed E-state index contributed by atoms with van der Waals surface area (Å²) in [4.78, 5) is 11.7. The molecular formula is C10H14O4S. The summed E-state index contributed by atoms with van der Waals surface area (Å²) in [7, 11) is -3.27. The van der Waals surface area contributed by atoms with Crippen molar-refractivity contribution < 1.29 is 17.6 Å². The average Bonchev–Trinajstić information content (AvgIpc) is 2.45. The van der Waals surface area contributed by atoms with Crippen molar-refractivity contribution in [2.24, 2.45) is 0 Å². The van der Waals surface area contributed by atoms with E-state index in [2.05, 4.69) is 0 Å². The molecule has 1 rings (SSSR count). The van der Waals surface area contributed by atoms with E-state index in [0.29, 0.717) is 16.9 Å². The maximum atomic E-state index is 11.7. The molecule has 5 heteroatoms. The number of carbonyl (C=O) groups excluding carboxylic acids is 1. The molecule has 0 spiro atoms. The first-order valence-corrected chi connectivity index (χ1v) is 6.48. The van der Waals surface area contributed by atoms with Gasteiger partial charge in [-0.15, -0.1) is 0 Å². The second-order valence-electron chi connectivity index (χ2n) is 3.45. The van der Waals surface area contributed by atoms with Gasteiger partial charge in [0, 0.05) is 5.75 Å². The molecule has 0 aliphatic heterocycles. The minimum atomic E-state index is -3.27. The van der Waals surface area contributed by atoms with E-state index >= 15 is 0 Å². The van der Waals surface area contributed by atoms with E-state index in [4.69, 9.17) is 4.42 Å². The van der Waals surface area contributed by atoms with Crippen molar-refractivity contribution in [2.75, 3.05) is 11.5 Å². The third-order valence-corrected chi connectivity index (χ3v) is 3.81. The highest BCUT2D eigenvalue weighted by Crippen LogP contribution is 2.16. The minimum Gasteiger partial charge on any atom is -0.469 e. The van der Waals surface area contributed by atoms with Crippen LogP contribution in [0.2, 0.25) is 0 Å². The van der Waals surface area contributed by atoms with Crippen molar-refractivity contribution >= 4 is 15.6 Å². The number of hydrogen-bond acceptors (Lipinski definition) is 4. The van der Waals surface area contributed by atoms with Crippen molar-refractivity contribution in [1.82, 2.24) is 0 Å². The van der Waals surface area contributed by atoms with Crippen molar-refractivity contribution in [1.29, 1.82) is 0 Å². The van der Waals surface area contributed by atoms with Gasteiger partial charge in [-0.2, -0.15) is 0 Å². The highest BCUT2D eigenvalue weighted by atomic mass is 32.2. The Morgan fingerprint density at radius 2 is 2.00 bits per heavy atom. The Morgan fingerprint density at radius 1 is 1.40 bits per heavy atom. The first-order valence-electron chi connectivity index (χ1n) is 4.65. The lowest BCUT2D eigenvalue weighted by molar-refractivity contribution is 0.101. The normalized spacial score (nSPS) is 11.7. The largest absolute Gasteiger partial charge is 0.469 e. The number of hydrogen-bond donors (Lipinski definition) is 0. The molecule has 0 bridgehead atoms. The fourth-order valence-electron chi connectivity index (χ4n) is 1.36. The van der Waals surface area contributed by atoms with Crippen LogP contribution in [0.1, 0.15) is 28.6 Å². The summed E-state index contributed by atoms with van der Waals surface area (Å²) in [6.45, 7) is 4.90. The molecule has 15 heavy (non-hydrogen) atoms. The van der Waals surface area contributed by atoms with Gasteiger partial charge in [-0.1, -0.05) is 6.92 Å². The SMILES string of the molecule is CCS(=O)(=O)CC(=O)c1c(C)coc1C. The van der Waals surface area contributed by atoms with Gasteiger partial charge in [-0.25, -0.2) is 8.42 Å². The Hall–Kier alpha value is -1.10. The zero-order chi connectivity index (χ0) is 11.6. The predicted octanol–water partition coefficient (Wildman–Crippen LogP) is 1.51. The van der Waals surface area contributed by atoms with E-state index in [-0.39, 0.29) is 11.5 Å². The zero-order valence-corrected chi connectivity index (χ0v) is 9.85. The molecule has 0 saturated heterocycles. The monoisotopic (exact) mass is 230 g/mol. The molecule has 0 atom stereocenters. The highest BCUT2D eigenvalue weighted by molar-refractivity contribution is 7.92. The summed E-state index contributed by atoms with van der Waals surface area (Å²) in [6.07, 6.45) is 1.46. The number of furan rings is 1. The number of ketones is 1. The molecule has 0 amide bonds. The summed E-state index contributed by atoms with van der Waals surface area (Å²) in [5.74, 6) is -0.372. The van der Waals surface area contributed by atoms with Crippen LogP contribution in [-0.4, -0.2) is 25.7 Å². The van der Waals surface area contributed by atoms with Crippen LogP contribution in [0.4, 0.5) is 0 Å². The van der Waals surface area contributed by atoms with Gasteiger partial charge in [0.2, 0.25) is 0 Å². The summed E-state index contributed by atoms with van der Waals surface area (Å²) in [5.41, 5.74) is 1.08. The molecule has 0 aromatic carbocycles. The maximum Gasteiger partial charge on any atom is 0.181 e. The molecule has 84 valence electrons. The molecule has 1 heterocycles. The topological polar surface area (TPSA) is 64.3 Å². The molecule has 0 saturated carbocycles. The lowest BCUT2D eigenvalue weighted by Crippen LogP contribution is -2.18. The summed E-state index contributed by atoms with van der Waals surface area (Å²) in [6, 6.07) is 0. The van der Waals surface area contributed by atoms with Gasteiger partial charge in [-0.3, -0.25) is 4.79 Å². The second kappa shape index (κ2) is 4.18. The van der Waals surface area contributed by atoms with E-state index in [1.165, 1.54) is 13.2 Å². The number of sulfone groups is 1. The Morgan fingerprint density at radius 3 is 2.40 bits per heavy atom. The summed E-state index contributed by atoms with van der Waals surface area (Å²) >= 11 is 0. The summed E-state index contributed by atoms with van der Waals surface area (Å²) < 4.78 is 27.6. The molecule has 0 fully saturated rings. The lowest BCUT2D eigenvalue weighted by atomic mass is 10.1. The van der Waals surface area contributed by atoms with Crippen LogP contribution in [-0.2, 0) is 9.84 Å². The Kier molecular flexibility index (Phi) is 3.34. The van der Waals surface area contributed by atoms with Crippen LogP contribution < -0.4 is 0 Å². The van der Waals surface area contributed by atoms with Crippen LogP contribution in [0.3, 0.4) is 0 Å². The standard InChI is InChI=1S/C10H14O4S/c1-4-15(12,13)6-9(11)10-7(2)5-14-8(10)3/h5H,4,6H2,1-3H3. The first kappa shape index (κ1) is 12.0. The van der Waals surface area contributed by atoms with Crippen LogP contribution in [0.25, 0.3) is 0 Å². The number of aryl methyl sites for hydroxylation is 2. The highest BCUT2D eigenvalue weighted by Gasteiger charge is 2.21. The van der Waals surface area contributed by atoms with Crippen LogP contribution in [0, 0.1) is 13.8 Å². The lowest BCUT2D eigenvalue weighted by Gasteiger charge is -2.00. The molecule has 1 aromatic rings. The molecule has 1 aromatic heterocycles. The second-order valence-corrected chi connectivity index (χ2v) is 5.80. The minimum absolute atomic E-state index is 0.0192. The molecule has 4 nitrogen and oxygen atoms in total. The third kappa shape index (κ3) is 2.68. The number of rotatable bonds is 4. The molecule has 0 unspecified atom stereocenters.